The lowest BCUT2D eigenvalue weighted by Gasteiger charge is -2.46. The molecule has 13 aromatic carbocycles. The Bertz CT molecular complexity index is 5050. The van der Waals surface area contributed by atoms with E-state index >= 15 is 0 Å². The topological polar surface area (TPSA) is 11.4 Å². The maximum absolute atomic E-state index is 2.70. The fraction of sp³-hybridized carbons (Fsp3) is 0.133. The van der Waals surface area contributed by atoms with Crippen molar-refractivity contribution >= 4 is 79.0 Å². The van der Waals surface area contributed by atoms with Crippen LogP contribution in [0.4, 0.5) is 34.1 Å². The highest BCUT2D eigenvalue weighted by molar-refractivity contribution is 7.00. The molecule has 2 aliphatic rings. The van der Waals surface area contributed by atoms with Gasteiger partial charge in [-0.25, -0.2) is 0 Å². The molecular formula is C90H76BN3. The molecule has 0 atom stereocenters. The van der Waals surface area contributed by atoms with Crippen LogP contribution in [0, 0.1) is 0 Å². The Morgan fingerprint density at radius 1 is 0.255 bits per heavy atom. The first kappa shape index (κ1) is 58.4. The van der Waals surface area contributed by atoms with E-state index in [4.69, 9.17) is 0 Å². The second-order valence-electron chi connectivity index (χ2n) is 28.9. The summed E-state index contributed by atoms with van der Waals surface area (Å²) in [5, 5.41) is 2.46. The minimum atomic E-state index is -0.210. The standard InChI is InChI=1S/C90H76BN3/c1-88(2,3)67-38-26-37-63(51-67)66-55-83-85-84(56-66)94(87-73(61-33-18-12-19-34-61)43-28-44-74(87)62-35-20-13-21-36-62)82-58-70(92-79-45-24-22-39-75(79)76-40-23-25-46-80(76)92)48-50-78(82)91(85)77-49-47-64(65-52-68(89(4,5)6)57-69(53-65)90(7,8)9)54-81(77)93(83)86-71(59-29-14-10-15-30-59)41-27-42-72(86)60-31-16-11-17-32-60/h10-58H,1-9H3. The maximum atomic E-state index is 2.70. The Kier molecular flexibility index (Phi) is 14.0. The predicted molar refractivity (Wildman–Crippen MR) is 404 cm³/mol. The summed E-state index contributed by atoms with van der Waals surface area (Å²) in [4.78, 5) is 5.39. The predicted octanol–water partition coefficient (Wildman–Crippen LogP) is 22.8. The zero-order chi connectivity index (χ0) is 64.2. The van der Waals surface area contributed by atoms with Crippen LogP contribution in [0.25, 0.3) is 94.3 Å². The Labute approximate surface area is 555 Å². The normalized spacial score (nSPS) is 12.9. The molecule has 0 bridgehead atoms. The van der Waals surface area contributed by atoms with E-state index in [9.17, 15) is 0 Å². The Balaban J connectivity index is 1.10. The molecular weight excluding hydrogens is 1130 g/mol. The highest BCUT2D eigenvalue weighted by Crippen LogP contribution is 2.54. The first-order chi connectivity index (χ1) is 45.5. The fourth-order valence-electron chi connectivity index (χ4n) is 14.9. The van der Waals surface area contributed by atoms with Crippen molar-refractivity contribution in [2.24, 2.45) is 0 Å². The van der Waals surface area contributed by atoms with Gasteiger partial charge in [0.2, 0.25) is 0 Å². The molecule has 3 nitrogen and oxygen atoms in total. The molecule has 0 unspecified atom stereocenters. The zero-order valence-corrected chi connectivity index (χ0v) is 55.2. The first-order valence-electron chi connectivity index (χ1n) is 33.3. The van der Waals surface area contributed by atoms with E-state index < -0.39 is 0 Å². The van der Waals surface area contributed by atoms with Gasteiger partial charge in [0.05, 0.1) is 22.4 Å². The number of nitrogens with zero attached hydrogens (tertiary/aromatic N) is 3. The van der Waals surface area contributed by atoms with E-state index in [-0.39, 0.29) is 23.0 Å². The van der Waals surface area contributed by atoms with Crippen LogP contribution >= 0.6 is 0 Å². The monoisotopic (exact) mass is 1210 g/mol. The van der Waals surface area contributed by atoms with Crippen LogP contribution in [0.15, 0.2) is 297 Å². The van der Waals surface area contributed by atoms with Crippen LogP contribution in [0.3, 0.4) is 0 Å². The highest BCUT2D eigenvalue weighted by Gasteiger charge is 2.46. The van der Waals surface area contributed by atoms with Gasteiger partial charge in [0.25, 0.3) is 6.71 Å². The summed E-state index contributed by atoms with van der Waals surface area (Å²) in [6.07, 6.45) is 0. The summed E-state index contributed by atoms with van der Waals surface area (Å²) in [6.45, 7) is 20.9. The summed E-state index contributed by atoms with van der Waals surface area (Å²) < 4.78 is 2.49. The molecule has 0 saturated carbocycles. The van der Waals surface area contributed by atoms with Crippen molar-refractivity contribution in [3.05, 3.63) is 314 Å². The van der Waals surface area contributed by atoms with E-state index in [0.29, 0.717) is 0 Å². The molecule has 0 saturated heterocycles. The Morgan fingerprint density at radius 3 is 1.05 bits per heavy atom. The summed E-state index contributed by atoms with van der Waals surface area (Å²) in [5.41, 5.74) is 31.6. The lowest BCUT2D eigenvalue weighted by molar-refractivity contribution is 0.569. The lowest BCUT2D eigenvalue weighted by Crippen LogP contribution is -2.61. The summed E-state index contributed by atoms with van der Waals surface area (Å²) >= 11 is 0. The second-order valence-corrected chi connectivity index (χ2v) is 28.9. The number of para-hydroxylation sites is 4. The number of hydrogen-bond acceptors (Lipinski definition) is 2. The summed E-state index contributed by atoms with van der Waals surface area (Å²) in [6, 6.07) is 113. The van der Waals surface area contributed by atoms with Crippen molar-refractivity contribution in [3.8, 4) is 72.4 Å². The lowest BCUT2D eigenvalue weighted by atomic mass is 9.33. The van der Waals surface area contributed by atoms with Gasteiger partial charge in [-0.1, -0.05) is 317 Å². The van der Waals surface area contributed by atoms with Crippen LogP contribution in [0.5, 0.6) is 0 Å². The highest BCUT2D eigenvalue weighted by atomic mass is 15.2. The molecule has 0 fully saturated rings. The third kappa shape index (κ3) is 9.98. The van der Waals surface area contributed by atoms with Crippen LogP contribution in [0.2, 0.25) is 0 Å². The van der Waals surface area contributed by atoms with Crippen molar-refractivity contribution in [1.82, 2.24) is 4.57 Å². The van der Waals surface area contributed by atoms with E-state index in [0.717, 1.165) is 89.9 Å². The minimum absolute atomic E-state index is 0.0826. The SMILES string of the molecule is CC(C)(C)c1cccc(-c2cc3c4c(c2)N(c2c(-c5ccccc5)cccc2-c2ccccc2)c2cc(-n5c6ccccc6c6ccccc65)ccc2B4c2ccc(-c4cc(C(C)(C)C)cc(C(C)(C)C)c4)cc2N3c2c(-c3ccccc3)cccc2-c2ccccc2)c1. The summed E-state index contributed by atoms with van der Waals surface area (Å²) in [7, 11) is 0. The van der Waals surface area contributed by atoms with Crippen molar-refractivity contribution in [2.45, 2.75) is 78.6 Å². The molecule has 94 heavy (non-hydrogen) atoms. The van der Waals surface area contributed by atoms with Gasteiger partial charge >= 0.3 is 0 Å². The average molecular weight is 1210 g/mol. The molecule has 16 rings (SSSR count). The molecule has 0 aliphatic carbocycles. The van der Waals surface area contributed by atoms with Crippen LogP contribution < -0.4 is 26.2 Å². The van der Waals surface area contributed by atoms with Gasteiger partial charge in [0, 0.05) is 61.5 Å². The Morgan fingerprint density at radius 2 is 0.606 bits per heavy atom. The van der Waals surface area contributed by atoms with E-state index in [2.05, 4.69) is 374 Å². The minimum Gasteiger partial charge on any atom is -0.310 e. The van der Waals surface area contributed by atoms with Gasteiger partial charge in [0.15, 0.2) is 0 Å². The van der Waals surface area contributed by atoms with Gasteiger partial charge in [-0.05, 0) is 136 Å². The number of fused-ring (bicyclic) bond motifs is 7. The molecule has 14 aromatic rings. The van der Waals surface area contributed by atoms with E-state index in [1.54, 1.807) is 0 Å². The van der Waals surface area contributed by atoms with Crippen molar-refractivity contribution in [2.75, 3.05) is 9.80 Å². The maximum Gasteiger partial charge on any atom is 0.252 e. The molecule has 454 valence electrons. The molecule has 4 heteroatoms. The van der Waals surface area contributed by atoms with E-state index in [1.807, 2.05) is 0 Å². The first-order valence-corrected chi connectivity index (χ1v) is 33.3. The van der Waals surface area contributed by atoms with Crippen molar-refractivity contribution < 1.29 is 0 Å². The van der Waals surface area contributed by atoms with Gasteiger partial charge < -0.3 is 14.4 Å². The van der Waals surface area contributed by atoms with Gasteiger partial charge in [-0.15, -0.1) is 0 Å². The third-order valence-electron chi connectivity index (χ3n) is 19.8. The number of rotatable bonds is 9. The Hall–Kier alpha value is -10.7. The molecule has 0 N–H and O–H groups in total. The largest absolute Gasteiger partial charge is 0.310 e. The molecule has 0 amide bonds. The van der Waals surface area contributed by atoms with Gasteiger partial charge in [-0.2, -0.15) is 0 Å². The molecule has 2 aliphatic heterocycles. The van der Waals surface area contributed by atoms with Crippen molar-refractivity contribution in [1.29, 1.82) is 0 Å². The third-order valence-corrected chi connectivity index (χ3v) is 19.8. The van der Waals surface area contributed by atoms with E-state index in [1.165, 1.54) is 71.6 Å². The molecule has 3 heterocycles. The number of anilines is 6. The van der Waals surface area contributed by atoms with Gasteiger partial charge in [-0.3, -0.25) is 0 Å². The van der Waals surface area contributed by atoms with Gasteiger partial charge in [0.1, 0.15) is 0 Å². The number of hydrogen-bond donors (Lipinski definition) is 0. The molecule has 0 spiro atoms. The van der Waals surface area contributed by atoms with Crippen LogP contribution in [0.1, 0.15) is 79.0 Å². The quantitative estimate of drug-likeness (QED) is 0.133. The zero-order valence-electron chi connectivity index (χ0n) is 55.2. The van der Waals surface area contributed by atoms with Crippen LogP contribution in [-0.2, 0) is 16.2 Å². The van der Waals surface area contributed by atoms with Crippen molar-refractivity contribution in [3.63, 3.8) is 0 Å². The fourth-order valence-corrected chi connectivity index (χ4v) is 14.9. The number of aromatic nitrogens is 1. The smallest absolute Gasteiger partial charge is 0.252 e. The summed E-state index contributed by atoms with van der Waals surface area (Å²) in [5.74, 6) is 0. The average Bonchev–Trinajstić information content (AvgIpc) is 0.794. The number of benzene rings is 13. The molecule has 0 radical (unpaired) electrons. The molecule has 1 aromatic heterocycles. The second kappa shape index (κ2) is 22.6. The van der Waals surface area contributed by atoms with Crippen LogP contribution in [-0.4, -0.2) is 11.3 Å².